The van der Waals surface area contributed by atoms with Gasteiger partial charge in [-0.2, -0.15) is 0 Å². The lowest BCUT2D eigenvalue weighted by atomic mass is 10.0. The summed E-state index contributed by atoms with van der Waals surface area (Å²) >= 11 is 0. The standard InChI is InChI=1S/C13H19FN2O3S/c1-9(10-5-6-19-8-10)15-11-3-4-12(14)13(7-11)16-20(2,17)18/h3-4,7,9-10,15-16H,5-6,8H2,1-2H3. The predicted molar refractivity (Wildman–Crippen MR) is 76.9 cm³/mol. The number of halogens is 1. The summed E-state index contributed by atoms with van der Waals surface area (Å²) in [6, 6.07) is 4.47. The second kappa shape index (κ2) is 5.97. The molecule has 5 nitrogen and oxygen atoms in total. The van der Waals surface area contributed by atoms with Gasteiger partial charge in [-0.3, -0.25) is 4.72 Å². The Hall–Kier alpha value is -1.34. The van der Waals surface area contributed by atoms with Gasteiger partial charge in [0.1, 0.15) is 5.82 Å². The number of benzene rings is 1. The van der Waals surface area contributed by atoms with Crippen LogP contribution in [0.5, 0.6) is 0 Å². The minimum atomic E-state index is -3.50. The topological polar surface area (TPSA) is 67.4 Å². The molecular formula is C13H19FN2O3S. The number of anilines is 2. The van der Waals surface area contributed by atoms with Crippen LogP contribution in [0.15, 0.2) is 18.2 Å². The zero-order chi connectivity index (χ0) is 14.8. The molecule has 0 aliphatic carbocycles. The van der Waals surface area contributed by atoms with Crippen LogP contribution < -0.4 is 10.0 Å². The summed E-state index contributed by atoms with van der Waals surface area (Å²) in [4.78, 5) is 0. The number of ether oxygens (including phenoxy) is 1. The van der Waals surface area contributed by atoms with Crippen molar-refractivity contribution >= 4 is 21.4 Å². The van der Waals surface area contributed by atoms with Crippen molar-refractivity contribution in [3.8, 4) is 0 Å². The lowest BCUT2D eigenvalue weighted by molar-refractivity contribution is 0.183. The van der Waals surface area contributed by atoms with Gasteiger partial charge in [0, 0.05) is 24.3 Å². The molecule has 1 aliphatic rings. The minimum absolute atomic E-state index is 0.0487. The van der Waals surface area contributed by atoms with E-state index in [4.69, 9.17) is 4.74 Å². The third-order valence-electron chi connectivity index (χ3n) is 3.33. The molecule has 1 fully saturated rings. The van der Waals surface area contributed by atoms with E-state index in [1.165, 1.54) is 12.1 Å². The van der Waals surface area contributed by atoms with E-state index in [-0.39, 0.29) is 11.7 Å². The average molecular weight is 302 g/mol. The Morgan fingerprint density at radius 2 is 2.20 bits per heavy atom. The number of hydrogen-bond acceptors (Lipinski definition) is 4. The molecule has 112 valence electrons. The third-order valence-corrected chi connectivity index (χ3v) is 3.92. The predicted octanol–water partition coefficient (Wildman–Crippen LogP) is 2.03. The molecule has 1 heterocycles. The van der Waals surface area contributed by atoms with E-state index in [1.54, 1.807) is 6.07 Å². The quantitative estimate of drug-likeness (QED) is 0.873. The Balaban J connectivity index is 2.10. The highest BCUT2D eigenvalue weighted by Gasteiger charge is 2.22. The first-order chi connectivity index (χ1) is 9.35. The van der Waals surface area contributed by atoms with Crippen molar-refractivity contribution in [3.05, 3.63) is 24.0 Å². The summed E-state index contributed by atoms with van der Waals surface area (Å²) in [6.45, 7) is 3.51. The van der Waals surface area contributed by atoms with Gasteiger partial charge in [0.05, 0.1) is 18.6 Å². The van der Waals surface area contributed by atoms with E-state index >= 15 is 0 Å². The van der Waals surface area contributed by atoms with Gasteiger partial charge in [0.15, 0.2) is 0 Å². The summed E-state index contributed by atoms with van der Waals surface area (Å²) in [5.41, 5.74) is 0.629. The molecule has 1 saturated heterocycles. The number of sulfonamides is 1. The average Bonchev–Trinajstić information content (AvgIpc) is 2.85. The zero-order valence-electron chi connectivity index (χ0n) is 11.5. The van der Waals surface area contributed by atoms with E-state index in [0.717, 1.165) is 19.3 Å². The summed E-state index contributed by atoms with van der Waals surface area (Å²) in [7, 11) is -3.50. The molecule has 0 saturated carbocycles. The number of rotatable bonds is 5. The fourth-order valence-electron chi connectivity index (χ4n) is 2.22. The van der Waals surface area contributed by atoms with Crippen molar-refractivity contribution in [2.45, 2.75) is 19.4 Å². The molecule has 20 heavy (non-hydrogen) atoms. The fraction of sp³-hybridized carbons (Fsp3) is 0.538. The molecule has 7 heteroatoms. The van der Waals surface area contributed by atoms with E-state index in [9.17, 15) is 12.8 Å². The fourth-order valence-corrected chi connectivity index (χ4v) is 2.78. The van der Waals surface area contributed by atoms with Crippen LogP contribution in [0.2, 0.25) is 0 Å². The van der Waals surface area contributed by atoms with Crippen LogP contribution >= 0.6 is 0 Å². The van der Waals surface area contributed by atoms with Crippen molar-refractivity contribution in [1.82, 2.24) is 0 Å². The van der Waals surface area contributed by atoms with Gasteiger partial charge in [0.25, 0.3) is 0 Å². The third kappa shape index (κ3) is 4.08. The molecule has 2 atom stereocenters. The summed E-state index contributed by atoms with van der Waals surface area (Å²) in [5.74, 6) is -0.191. The second-order valence-electron chi connectivity index (χ2n) is 5.13. The Bertz CT molecular complexity index is 571. The molecule has 0 radical (unpaired) electrons. The molecule has 1 aromatic rings. The van der Waals surface area contributed by atoms with Gasteiger partial charge in [0.2, 0.25) is 10.0 Å². The van der Waals surface area contributed by atoms with Crippen LogP contribution in [0, 0.1) is 11.7 Å². The van der Waals surface area contributed by atoms with E-state index in [2.05, 4.69) is 10.0 Å². The molecular weight excluding hydrogens is 283 g/mol. The maximum absolute atomic E-state index is 13.6. The maximum atomic E-state index is 13.6. The highest BCUT2D eigenvalue weighted by atomic mass is 32.2. The molecule has 0 aromatic heterocycles. The second-order valence-corrected chi connectivity index (χ2v) is 6.87. The summed E-state index contributed by atoms with van der Waals surface area (Å²) < 4.78 is 43.4. The van der Waals surface area contributed by atoms with Crippen LogP contribution in [0.3, 0.4) is 0 Å². The molecule has 0 bridgehead atoms. The van der Waals surface area contributed by atoms with Gasteiger partial charge in [-0.05, 0) is 31.5 Å². The first-order valence-corrected chi connectivity index (χ1v) is 8.36. The molecule has 0 amide bonds. The zero-order valence-corrected chi connectivity index (χ0v) is 12.3. The summed E-state index contributed by atoms with van der Waals surface area (Å²) in [5, 5.41) is 3.26. The Labute approximate surface area is 118 Å². The molecule has 0 spiro atoms. The van der Waals surface area contributed by atoms with Crippen LogP contribution in [0.1, 0.15) is 13.3 Å². The van der Waals surface area contributed by atoms with Crippen LogP contribution in [0.25, 0.3) is 0 Å². The van der Waals surface area contributed by atoms with Crippen molar-refractivity contribution in [3.63, 3.8) is 0 Å². The Kier molecular flexibility index (Phi) is 4.49. The first-order valence-electron chi connectivity index (χ1n) is 6.47. The van der Waals surface area contributed by atoms with E-state index < -0.39 is 15.8 Å². The molecule has 2 N–H and O–H groups in total. The minimum Gasteiger partial charge on any atom is -0.382 e. The number of hydrogen-bond donors (Lipinski definition) is 2. The van der Waals surface area contributed by atoms with Gasteiger partial charge in [-0.25, -0.2) is 12.8 Å². The van der Waals surface area contributed by atoms with Gasteiger partial charge in [-0.1, -0.05) is 0 Å². The van der Waals surface area contributed by atoms with Gasteiger partial charge in [-0.15, -0.1) is 0 Å². The summed E-state index contributed by atoms with van der Waals surface area (Å²) in [6.07, 6.45) is 1.98. The van der Waals surface area contributed by atoms with Gasteiger partial charge >= 0.3 is 0 Å². The lowest BCUT2D eigenvalue weighted by Crippen LogP contribution is -2.26. The maximum Gasteiger partial charge on any atom is 0.229 e. The molecule has 2 unspecified atom stereocenters. The Morgan fingerprint density at radius 1 is 1.45 bits per heavy atom. The normalized spacial score (nSPS) is 20.6. The highest BCUT2D eigenvalue weighted by molar-refractivity contribution is 7.92. The first kappa shape index (κ1) is 15.1. The van der Waals surface area contributed by atoms with Crippen LogP contribution in [0.4, 0.5) is 15.8 Å². The molecule has 2 rings (SSSR count). The van der Waals surface area contributed by atoms with Crippen molar-refractivity contribution in [2.75, 3.05) is 29.5 Å². The lowest BCUT2D eigenvalue weighted by Gasteiger charge is -2.21. The van der Waals surface area contributed by atoms with Crippen LogP contribution in [-0.4, -0.2) is 33.9 Å². The monoisotopic (exact) mass is 302 g/mol. The van der Waals surface area contributed by atoms with E-state index in [1.807, 2.05) is 6.92 Å². The highest BCUT2D eigenvalue weighted by Crippen LogP contribution is 2.24. The van der Waals surface area contributed by atoms with Crippen molar-refractivity contribution in [2.24, 2.45) is 5.92 Å². The molecule has 1 aromatic carbocycles. The smallest absolute Gasteiger partial charge is 0.229 e. The Morgan fingerprint density at radius 3 is 2.80 bits per heavy atom. The van der Waals surface area contributed by atoms with Crippen molar-refractivity contribution in [1.29, 1.82) is 0 Å². The van der Waals surface area contributed by atoms with Gasteiger partial charge < -0.3 is 10.1 Å². The van der Waals surface area contributed by atoms with Crippen molar-refractivity contribution < 1.29 is 17.5 Å². The SMILES string of the molecule is CC(Nc1ccc(F)c(NS(C)(=O)=O)c1)C1CCOC1. The molecule has 1 aliphatic heterocycles. The largest absolute Gasteiger partial charge is 0.382 e. The number of nitrogens with one attached hydrogen (secondary N) is 2. The van der Waals surface area contributed by atoms with E-state index in [0.29, 0.717) is 18.2 Å². The van der Waals surface area contributed by atoms with Crippen LogP contribution in [-0.2, 0) is 14.8 Å².